The SMILES string of the molecule is COc1ccc(C)cc1-n1c(N)nc2cc(F)c(Br)cc21. The van der Waals surface area contributed by atoms with Gasteiger partial charge in [-0.2, -0.15) is 0 Å². The molecule has 0 spiro atoms. The Kier molecular flexibility index (Phi) is 3.33. The average Bonchev–Trinajstić information content (AvgIpc) is 2.74. The second kappa shape index (κ2) is 5.04. The second-order valence-electron chi connectivity index (χ2n) is 4.74. The Balaban J connectivity index is 2.37. The summed E-state index contributed by atoms with van der Waals surface area (Å²) in [6, 6.07) is 8.79. The first-order valence-electron chi connectivity index (χ1n) is 6.29. The lowest BCUT2D eigenvalue weighted by Gasteiger charge is -2.12. The van der Waals surface area contributed by atoms with Gasteiger partial charge in [-0.1, -0.05) is 6.07 Å². The Labute approximate surface area is 129 Å². The highest BCUT2D eigenvalue weighted by Crippen LogP contribution is 2.32. The Hall–Kier alpha value is -2.08. The van der Waals surface area contributed by atoms with E-state index >= 15 is 0 Å². The number of halogens is 2. The van der Waals surface area contributed by atoms with E-state index in [1.807, 2.05) is 25.1 Å². The standard InChI is InChI=1S/C15H13BrFN3O/c1-8-3-4-14(21-2)13(5-8)20-12-6-9(16)10(17)7-11(12)19-15(20)18/h3-7H,1-2H3,(H2,18,19). The first-order valence-corrected chi connectivity index (χ1v) is 7.08. The number of hydrogen-bond acceptors (Lipinski definition) is 3. The van der Waals surface area contributed by atoms with Gasteiger partial charge >= 0.3 is 0 Å². The largest absolute Gasteiger partial charge is 0.495 e. The summed E-state index contributed by atoms with van der Waals surface area (Å²) in [7, 11) is 1.60. The fourth-order valence-corrected chi connectivity index (χ4v) is 2.65. The number of anilines is 1. The third-order valence-electron chi connectivity index (χ3n) is 3.30. The second-order valence-corrected chi connectivity index (χ2v) is 5.59. The highest BCUT2D eigenvalue weighted by atomic mass is 79.9. The summed E-state index contributed by atoms with van der Waals surface area (Å²) in [5.74, 6) is 0.585. The van der Waals surface area contributed by atoms with E-state index in [1.165, 1.54) is 6.07 Å². The summed E-state index contributed by atoms with van der Waals surface area (Å²) in [6.45, 7) is 1.98. The van der Waals surface area contributed by atoms with Crippen molar-refractivity contribution in [2.45, 2.75) is 6.92 Å². The molecule has 0 saturated heterocycles. The van der Waals surface area contributed by atoms with E-state index in [9.17, 15) is 4.39 Å². The van der Waals surface area contributed by atoms with Gasteiger partial charge in [-0.25, -0.2) is 9.37 Å². The molecule has 2 N–H and O–H groups in total. The number of nitrogens with two attached hydrogens (primary N) is 1. The summed E-state index contributed by atoms with van der Waals surface area (Å²) in [4.78, 5) is 4.22. The number of aryl methyl sites for hydroxylation is 1. The van der Waals surface area contributed by atoms with Crippen LogP contribution in [-0.2, 0) is 0 Å². The van der Waals surface area contributed by atoms with Crippen molar-refractivity contribution in [3.05, 3.63) is 46.2 Å². The van der Waals surface area contributed by atoms with Crippen LogP contribution in [0.25, 0.3) is 16.7 Å². The quantitative estimate of drug-likeness (QED) is 0.764. The molecule has 0 saturated carbocycles. The zero-order valence-corrected chi connectivity index (χ0v) is 13.1. The van der Waals surface area contributed by atoms with Gasteiger partial charge in [0.2, 0.25) is 5.95 Å². The normalized spacial score (nSPS) is 11.0. The van der Waals surface area contributed by atoms with Gasteiger partial charge in [-0.05, 0) is 46.6 Å². The highest BCUT2D eigenvalue weighted by Gasteiger charge is 2.16. The molecule has 3 rings (SSSR count). The van der Waals surface area contributed by atoms with Crippen LogP contribution in [0, 0.1) is 12.7 Å². The Morgan fingerprint density at radius 2 is 2.05 bits per heavy atom. The summed E-state index contributed by atoms with van der Waals surface area (Å²) in [5.41, 5.74) is 9.06. The number of nitrogen functional groups attached to an aromatic ring is 1. The van der Waals surface area contributed by atoms with E-state index in [-0.39, 0.29) is 11.8 Å². The molecular weight excluding hydrogens is 337 g/mol. The van der Waals surface area contributed by atoms with Crippen molar-refractivity contribution in [3.8, 4) is 11.4 Å². The van der Waals surface area contributed by atoms with Crippen molar-refractivity contribution in [2.24, 2.45) is 0 Å². The predicted octanol–water partition coefficient (Wildman–Crippen LogP) is 3.83. The van der Waals surface area contributed by atoms with Crippen LogP contribution >= 0.6 is 15.9 Å². The van der Waals surface area contributed by atoms with Crippen LogP contribution < -0.4 is 10.5 Å². The van der Waals surface area contributed by atoms with Gasteiger partial charge in [0, 0.05) is 6.07 Å². The topological polar surface area (TPSA) is 53.1 Å². The number of benzene rings is 2. The lowest BCUT2D eigenvalue weighted by Crippen LogP contribution is -2.03. The van der Waals surface area contributed by atoms with Crippen LogP contribution in [0.2, 0.25) is 0 Å². The van der Waals surface area contributed by atoms with Crippen molar-refractivity contribution < 1.29 is 9.13 Å². The van der Waals surface area contributed by atoms with Crippen LogP contribution in [0.1, 0.15) is 5.56 Å². The highest BCUT2D eigenvalue weighted by molar-refractivity contribution is 9.10. The van der Waals surface area contributed by atoms with Gasteiger partial charge in [0.15, 0.2) is 0 Å². The summed E-state index contributed by atoms with van der Waals surface area (Å²) in [6.07, 6.45) is 0. The lowest BCUT2D eigenvalue weighted by atomic mass is 10.2. The minimum absolute atomic E-state index is 0.284. The monoisotopic (exact) mass is 349 g/mol. The molecule has 3 aromatic rings. The number of hydrogen-bond donors (Lipinski definition) is 1. The van der Waals surface area contributed by atoms with Gasteiger partial charge in [0.05, 0.1) is 28.3 Å². The van der Waals surface area contributed by atoms with Crippen molar-refractivity contribution >= 4 is 32.9 Å². The molecule has 0 fully saturated rings. The van der Waals surface area contributed by atoms with Crippen molar-refractivity contribution in [1.82, 2.24) is 9.55 Å². The molecule has 0 aliphatic heterocycles. The van der Waals surface area contributed by atoms with E-state index in [1.54, 1.807) is 17.7 Å². The number of rotatable bonds is 2. The first kappa shape index (κ1) is 13.9. The van der Waals surface area contributed by atoms with Gasteiger partial charge in [0.25, 0.3) is 0 Å². The van der Waals surface area contributed by atoms with Crippen molar-refractivity contribution in [1.29, 1.82) is 0 Å². The molecule has 4 nitrogen and oxygen atoms in total. The van der Waals surface area contributed by atoms with E-state index in [0.29, 0.717) is 21.3 Å². The molecular formula is C15H13BrFN3O. The zero-order valence-electron chi connectivity index (χ0n) is 11.5. The van der Waals surface area contributed by atoms with E-state index in [0.717, 1.165) is 11.3 Å². The number of methoxy groups -OCH3 is 1. The Bertz CT molecular complexity index is 845. The molecule has 0 aliphatic carbocycles. The number of nitrogens with zero attached hydrogens (tertiary/aromatic N) is 2. The Morgan fingerprint density at radius 1 is 1.29 bits per heavy atom. The van der Waals surface area contributed by atoms with Crippen LogP contribution in [0.15, 0.2) is 34.8 Å². The van der Waals surface area contributed by atoms with Gasteiger partial charge < -0.3 is 10.5 Å². The maximum atomic E-state index is 13.6. The predicted molar refractivity (Wildman–Crippen MR) is 84.4 cm³/mol. The third-order valence-corrected chi connectivity index (χ3v) is 3.91. The molecule has 1 heterocycles. The number of aromatic nitrogens is 2. The van der Waals surface area contributed by atoms with Crippen LogP contribution in [0.3, 0.4) is 0 Å². The molecule has 0 unspecified atom stereocenters. The summed E-state index contributed by atoms with van der Waals surface area (Å²) < 4.78 is 21.2. The fraction of sp³-hybridized carbons (Fsp3) is 0.133. The average molecular weight is 350 g/mol. The number of fused-ring (bicyclic) bond motifs is 1. The minimum atomic E-state index is -0.372. The molecule has 0 aliphatic rings. The lowest BCUT2D eigenvalue weighted by molar-refractivity contribution is 0.413. The van der Waals surface area contributed by atoms with E-state index in [2.05, 4.69) is 20.9 Å². The van der Waals surface area contributed by atoms with Crippen molar-refractivity contribution in [2.75, 3.05) is 12.8 Å². The van der Waals surface area contributed by atoms with Crippen LogP contribution in [0.4, 0.5) is 10.3 Å². The zero-order chi connectivity index (χ0) is 15.1. The molecule has 6 heteroatoms. The van der Waals surface area contributed by atoms with E-state index in [4.69, 9.17) is 10.5 Å². The van der Waals surface area contributed by atoms with Gasteiger partial charge in [0.1, 0.15) is 11.6 Å². The summed E-state index contributed by atoms with van der Waals surface area (Å²) >= 11 is 3.19. The van der Waals surface area contributed by atoms with Gasteiger partial charge in [-0.3, -0.25) is 4.57 Å². The first-order chi connectivity index (χ1) is 10.0. The fourth-order valence-electron chi connectivity index (χ4n) is 2.32. The molecule has 1 aromatic heterocycles. The molecule has 21 heavy (non-hydrogen) atoms. The maximum Gasteiger partial charge on any atom is 0.206 e. The third kappa shape index (κ3) is 2.25. The summed E-state index contributed by atoms with van der Waals surface area (Å²) in [5, 5.41) is 0. The molecule has 0 amide bonds. The van der Waals surface area contributed by atoms with E-state index < -0.39 is 0 Å². The number of ether oxygens (including phenoxy) is 1. The Morgan fingerprint density at radius 3 is 2.76 bits per heavy atom. The van der Waals surface area contributed by atoms with Crippen LogP contribution in [-0.4, -0.2) is 16.7 Å². The molecule has 0 bridgehead atoms. The number of imidazole rings is 1. The molecule has 108 valence electrons. The minimum Gasteiger partial charge on any atom is -0.495 e. The van der Waals surface area contributed by atoms with Crippen molar-refractivity contribution in [3.63, 3.8) is 0 Å². The van der Waals surface area contributed by atoms with Crippen LogP contribution in [0.5, 0.6) is 5.75 Å². The van der Waals surface area contributed by atoms with Gasteiger partial charge in [-0.15, -0.1) is 0 Å². The molecule has 2 aromatic carbocycles. The smallest absolute Gasteiger partial charge is 0.206 e. The molecule has 0 radical (unpaired) electrons. The molecule has 0 atom stereocenters. The maximum absolute atomic E-state index is 13.6.